The van der Waals surface area contributed by atoms with Gasteiger partial charge in [0.1, 0.15) is 5.75 Å². The van der Waals surface area contributed by atoms with Gasteiger partial charge in [-0.05, 0) is 57.2 Å². The molecule has 0 aliphatic heterocycles. The van der Waals surface area contributed by atoms with Crippen molar-refractivity contribution in [1.29, 1.82) is 0 Å². The molecule has 1 aromatic carbocycles. The molecule has 0 atom stereocenters. The molecule has 1 aromatic rings. The maximum atomic E-state index is 11.9. The molecule has 1 aliphatic carbocycles. The maximum Gasteiger partial charge on any atom is 0.315 e. The average molecular weight is 306 g/mol. The van der Waals surface area contributed by atoms with Crippen molar-refractivity contribution in [3.05, 3.63) is 29.8 Å². The summed E-state index contributed by atoms with van der Waals surface area (Å²) in [5.41, 5.74) is 1.03. The molecular weight excluding hydrogens is 280 g/mol. The molecular formula is C17H26N2O3. The smallest absolute Gasteiger partial charge is 0.315 e. The van der Waals surface area contributed by atoms with Crippen LogP contribution in [0.2, 0.25) is 0 Å². The second kappa shape index (κ2) is 8.03. The van der Waals surface area contributed by atoms with Crippen LogP contribution >= 0.6 is 0 Å². The first-order valence-corrected chi connectivity index (χ1v) is 8.01. The van der Waals surface area contributed by atoms with Crippen LogP contribution in [0.15, 0.2) is 24.3 Å². The zero-order chi connectivity index (χ0) is 15.9. The van der Waals surface area contributed by atoms with E-state index in [1.165, 1.54) is 0 Å². The first-order chi connectivity index (χ1) is 10.5. The van der Waals surface area contributed by atoms with Crippen LogP contribution in [-0.2, 0) is 6.54 Å². The molecule has 0 radical (unpaired) electrons. The third-order valence-corrected chi connectivity index (χ3v) is 3.78. The Kier molecular flexibility index (Phi) is 6.07. The number of aliphatic hydroxyl groups is 1. The van der Waals surface area contributed by atoms with E-state index in [0.717, 1.165) is 37.0 Å². The molecule has 0 bridgehead atoms. The van der Waals surface area contributed by atoms with E-state index in [1.54, 1.807) is 0 Å². The Labute approximate surface area is 132 Å². The van der Waals surface area contributed by atoms with Crippen molar-refractivity contribution in [2.75, 3.05) is 0 Å². The fourth-order valence-corrected chi connectivity index (χ4v) is 2.60. The summed E-state index contributed by atoms with van der Waals surface area (Å²) >= 11 is 0. The lowest BCUT2D eigenvalue weighted by Gasteiger charge is -2.26. The minimum atomic E-state index is -0.201. The summed E-state index contributed by atoms with van der Waals surface area (Å²) in [7, 11) is 0. The van der Waals surface area contributed by atoms with Gasteiger partial charge in [0.2, 0.25) is 0 Å². The number of carbonyl (C=O) groups excluding carboxylic acids is 1. The Morgan fingerprint density at radius 1 is 1.23 bits per heavy atom. The summed E-state index contributed by atoms with van der Waals surface area (Å²) < 4.78 is 5.58. The Morgan fingerprint density at radius 2 is 1.86 bits per heavy atom. The van der Waals surface area contributed by atoms with Crippen molar-refractivity contribution >= 4 is 6.03 Å². The fourth-order valence-electron chi connectivity index (χ4n) is 2.60. The van der Waals surface area contributed by atoms with E-state index in [-0.39, 0.29) is 24.3 Å². The van der Waals surface area contributed by atoms with E-state index < -0.39 is 0 Å². The van der Waals surface area contributed by atoms with E-state index in [1.807, 2.05) is 38.1 Å². The summed E-state index contributed by atoms with van der Waals surface area (Å²) in [6.07, 6.45) is 3.17. The van der Waals surface area contributed by atoms with Gasteiger partial charge in [-0.25, -0.2) is 4.79 Å². The second-order valence-corrected chi connectivity index (χ2v) is 6.14. The Balaban J connectivity index is 1.71. The summed E-state index contributed by atoms with van der Waals surface area (Å²) in [6, 6.07) is 7.76. The van der Waals surface area contributed by atoms with Crippen molar-refractivity contribution in [2.24, 2.45) is 0 Å². The highest BCUT2D eigenvalue weighted by Gasteiger charge is 2.20. The SMILES string of the molecule is CC(C)Oc1ccc(CNC(=O)NC2CCC(O)CC2)cc1. The zero-order valence-corrected chi connectivity index (χ0v) is 13.3. The number of nitrogens with one attached hydrogen (secondary N) is 2. The second-order valence-electron chi connectivity index (χ2n) is 6.14. The molecule has 5 nitrogen and oxygen atoms in total. The molecule has 3 N–H and O–H groups in total. The molecule has 5 heteroatoms. The normalized spacial score (nSPS) is 21.5. The summed E-state index contributed by atoms with van der Waals surface area (Å²) in [5, 5.41) is 15.3. The van der Waals surface area contributed by atoms with E-state index in [9.17, 15) is 9.90 Å². The van der Waals surface area contributed by atoms with Crippen molar-refractivity contribution < 1.29 is 14.6 Å². The average Bonchev–Trinajstić information content (AvgIpc) is 2.48. The number of ether oxygens (including phenoxy) is 1. The van der Waals surface area contributed by atoms with Gasteiger partial charge in [0.25, 0.3) is 0 Å². The van der Waals surface area contributed by atoms with Gasteiger partial charge in [-0.2, -0.15) is 0 Å². The minimum absolute atomic E-state index is 0.149. The van der Waals surface area contributed by atoms with E-state index in [2.05, 4.69) is 10.6 Å². The van der Waals surface area contributed by atoms with Gasteiger partial charge in [0.05, 0.1) is 12.2 Å². The predicted octanol–water partition coefficient (Wildman–Crippen LogP) is 2.58. The van der Waals surface area contributed by atoms with Gasteiger partial charge in [-0.15, -0.1) is 0 Å². The van der Waals surface area contributed by atoms with E-state index in [0.29, 0.717) is 6.54 Å². The van der Waals surface area contributed by atoms with Gasteiger partial charge >= 0.3 is 6.03 Å². The van der Waals surface area contributed by atoms with Crippen LogP contribution in [0.1, 0.15) is 45.1 Å². The first-order valence-electron chi connectivity index (χ1n) is 8.01. The lowest BCUT2D eigenvalue weighted by molar-refractivity contribution is 0.117. The highest BCUT2D eigenvalue weighted by Crippen LogP contribution is 2.18. The van der Waals surface area contributed by atoms with E-state index in [4.69, 9.17) is 4.74 Å². The van der Waals surface area contributed by atoms with Crippen LogP contribution in [-0.4, -0.2) is 29.4 Å². The number of aliphatic hydroxyl groups excluding tert-OH is 1. The lowest BCUT2D eigenvalue weighted by Crippen LogP contribution is -2.43. The molecule has 1 fully saturated rings. The quantitative estimate of drug-likeness (QED) is 0.783. The number of benzene rings is 1. The summed E-state index contributed by atoms with van der Waals surface area (Å²) in [6.45, 7) is 4.47. The van der Waals surface area contributed by atoms with Crippen LogP contribution in [0.5, 0.6) is 5.75 Å². The van der Waals surface area contributed by atoms with Crippen LogP contribution in [0.3, 0.4) is 0 Å². The van der Waals surface area contributed by atoms with Crippen LogP contribution in [0, 0.1) is 0 Å². The molecule has 2 rings (SSSR count). The largest absolute Gasteiger partial charge is 0.491 e. The van der Waals surface area contributed by atoms with Crippen molar-refractivity contribution in [3.63, 3.8) is 0 Å². The monoisotopic (exact) mass is 306 g/mol. The molecule has 0 saturated heterocycles. The Hall–Kier alpha value is -1.75. The number of carbonyl (C=O) groups is 1. The maximum absolute atomic E-state index is 11.9. The number of hydrogen-bond acceptors (Lipinski definition) is 3. The lowest BCUT2D eigenvalue weighted by atomic mass is 9.93. The number of amides is 2. The number of urea groups is 1. The van der Waals surface area contributed by atoms with Gasteiger partial charge in [0, 0.05) is 12.6 Å². The first kappa shape index (κ1) is 16.6. The molecule has 0 aromatic heterocycles. The Morgan fingerprint density at radius 3 is 2.45 bits per heavy atom. The van der Waals surface area contributed by atoms with Crippen molar-refractivity contribution in [1.82, 2.24) is 10.6 Å². The fraction of sp³-hybridized carbons (Fsp3) is 0.588. The summed E-state index contributed by atoms with van der Waals surface area (Å²) in [5.74, 6) is 0.837. The molecule has 22 heavy (non-hydrogen) atoms. The topological polar surface area (TPSA) is 70.6 Å². The number of rotatable bonds is 5. The third kappa shape index (κ3) is 5.56. The van der Waals surface area contributed by atoms with Crippen LogP contribution < -0.4 is 15.4 Å². The van der Waals surface area contributed by atoms with Gasteiger partial charge in [0.15, 0.2) is 0 Å². The van der Waals surface area contributed by atoms with Crippen molar-refractivity contribution in [2.45, 2.75) is 64.3 Å². The Bertz CT molecular complexity index is 465. The highest BCUT2D eigenvalue weighted by atomic mass is 16.5. The van der Waals surface area contributed by atoms with Gasteiger partial charge < -0.3 is 20.5 Å². The molecule has 122 valence electrons. The summed E-state index contributed by atoms with van der Waals surface area (Å²) in [4.78, 5) is 11.9. The van der Waals surface area contributed by atoms with Crippen molar-refractivity contribution in [3.8, 4) is 5.75 Å². The molecule has 1 aliphatic rings. The molecule has 0 spiro atoms. The predicted molar refractivity (Wildman–Crippen MR) is 85.8 cm³/mol. The molecule has 2 amide bonds. The molecule has 1 saturated carbocycles. The highest BCUT2D eigenvalue weighted by molar-refractivity contribution is 5.74. The van der Waals surface area contributed by atoms with Crippen LogP contribution in [0.4, 0.5) is 4.79 Å². The van der Waals surface area contributed by atoms with Gasteiger partial charge in [-0.3, -0.25) is 0 Å². The minimum Gasteiger partial charge on any atom is -0.491 e. The number of hydrogen-bond donors (Lipinski definition) is 3. The standard InChI is InChI=1S/C17H26N2O3/c1-12(2)22-16-9-3-13(4-10-16)11-18-17(21)19-14-5-7-15(20)8-6-14/h3-4,9-10,12,14-15,20H,5-8,11H2,1-2H3,(H2,18,19,21). The third-order valence-electron chi connectivity index (χ3n) is 3.78. The van der Waals surface area contributed by atoms with E-state index >= 15 is 0 Å². The molecule has 0 unspecified atom stereocenters. The van der Waals surface area contributed by atoms with Crippen LogP contribution in [0.25, 0.3) is 0 Å². The molecule has 0 heterocycles. The van der Waals surface area contributed by atoms with Gasteiger partial charge in [-0.1, -0.05) is 12.1 Å². The zero-order valence-electron chi connectivity index (χ0n) is 13.3.